The van der Waals surface area contributed by atoms with Crippen molar-refractivity contribution in [2.45, 2.75) is 95.9 Å². The van der Waals surface area contributed by atoms with Crippen molar-refractivity contribution in [3.05, 3.63) is 29.8 Å². The molecule has 0 aromatic heterocycles. The Kier molecular flexibility index (Phi) is 9.22. The van der Waals surface area contributed by atoms with Crippen LogP contribution >= 0.6 is 22.6 Å². The van der Waals surface area contributed by atoms with E-state index in [0.29, 0.717) is 0 Å². The highest BCUT2D eigenvalue weighted by molar-refractivity contribution is 14.1. The lowest BCUT2D eigenvalue weighted by Crippen LogP contribution is -2.36. The van der Waals surface area contributed by atoms with Crippen molar-refractivity contribution in [3.8, 4) is 5.75 Å². The monoisotopic (exact) mass is 472 g/mol. The molecular weight excluding hydrogens is 435 g/mol. The van der Waals surface area contributed by atoms with Gasteiger partial charge in [0.25, 0.3) is 0 Å². The molecule has 0 radical (unpaired) electrons. The first-order valence-electron chi connectivity index (χ1n) is 10.5. The molecule has 1 aromatic carbocycles. The van der Waals surface area contributed by atoms with Gasteiger partial charge in [0.1, 0.15) is 5.75 Å². The number of rotatable bonds is 10. The summed E-state index contributed by atoms with van der Waals surface area (Å²) >= 11 is 2.39. The van der Waals surface area contributed by atoms with Gasteiger partial charge < -0.3 is 9.47 Å². The molecule has 1 saturated carbocycles. The minimum Gasteiger partial charge on any atom is -0.465 e. The Morgan fingerprint density at radius 1 is 1.04 bits per heavy atom. The van der Waals surface area contributed by atoms with Crippen LogP contribution in [0.3, 0.4) is 0 Å². The van der Waals surface area contributed by atoms with E-state index in [1.807, 2.05) is 0 Å². The van der Waals surface area contributed by atoms with E-state index in [2.05, 4.69) is 74.6 Å². The Morgan fingerprint density at radius 2 is 1.65 bits per heavy atom. The third-order valence-electron chi connectivity index (χ3n) is 6.00. The molecule has 0 N–H and O–H groups in total. The fourth-order valence-corrected chi connectivity index (χ4v) is 4.61. The van der Waals surface area contributed by atoms with Crippen LogP contribution in [-0.4, -0.2) is 12.4 Å². The van der Waals surface area contributed by atoms with Crippen molar-refractivity contribution in [3.63, 3.8) is 0 Å². The van der Waals surface area contributed by atoms with Crippen molar-refractivity contribution >= 4 is 22.6 Å². The van der Waals surface area contributed by atoms with Gasteiger partial charge in [-0.25, -0.2) is 0 Å². The van der Waals surface area contributed by atoms with Gasteiger partial charge in [-0.1, -0.05) is 81.7 Å². The molecule has 148 valence electrons. The highest BCUT2D eigenvalue weighted by Crippen LogP contribution is 2.42. The van der Waals surface area contributed by atoms with Crippen LogP contribution in [0, 0.1) is 11.3 Å². The summed E-state index contributed by atoms with van der Waals surface area (Å²) in [5.41, 5.74) is 1.58. The smallest absolute Gasteiger partial charge is 0.200 e. The molecule has 2 rings (SSSR count). The van der Waals surface area contributed by atoms with Crippen molar-refractivity contribution in [1.82, 2.24) is 0 Å². The maximum absolute atomic E-state index is 6.41. The van der Waals surface area contributed by atoms with E-state index >= 15 is 0 Å². The number of benzene rings is 1. The van der Waals surface area contributed by atoms with Crippen molar-refractivity contribution in [1.29, 1.82) is 0 Å². The van der Waals surface area contributed by atoms with Crippen LogP contribution in [0.5, 0.6) is 5.75 Å². The Bertz CT molecular complexity index is 501. The summed E-state index contributed by atoms with van der Waals surface area (Å²) in [6.07, 6.45) is 10.0. The van der Waals surface area contributed by atoms with Gasteiger partial charge in [0.05, 0.1) is 6.10 Å². The Labute approximate surface area is 174 Å². The number of hydrogen-bond donors (Lipinski definition) is 0. The van der Waals surface area contributed by atoms with Crippen molar-refractivity contribution in [2.75, 3.05) is 0 Å². The molecule has 0 saturated heterocycles. The van der Waals surface area contributed by atoms with E-state index in [4.69, 9.17) is 9.47 Å². The third-order valence-corrected chi connectivity index (χ3v) is 6.88. The fraction of sp³-hybridized carbons (Fsp3) is 0.739. The zero-order valence-corrected chi connectivity index (χ0v) is 19.3. The first kappa shape index (κ1) is 22.0. The van der Waals surface area contributed by atoms with Gasteiger partial charge in [-0.05, 0) is 54.7 Å². The number of alkyl halides is 1. The lowest BCUT2D eigenvalue weighted by atomic mass is 9.69. The first-order valence-corrected chi connectivity index (χ1v) is 12.0. The predicted octanol–water partition coefficient (Wildman–Crippen LogP) is 7.53. The summed E-state index contributed by atoms with van der Waals surface area (Å²) in [5.74, 6) is 1.71. The number of halogens is 1. The van der Waals surface area contributed by atoms with Crippen LogP contribution in [0.1, 0.15) is 84.6 Å². The highest BCUT2D eigenvalue weighted by Gasteiger charge is 2.34. The van der Waals surface area contributed by atoms with Crippen LogP contribution in [0.15, 0.2) is 24.3 Å². The van der Waals surface area contributed by atoms with E-state index < -0.39 is 0 Å². The molecule has 0 aliphatic heterocycles. The molecule has 0 heterocycles. The normalized spacial score (nSPS) is 17.5. The van der Waals surface area contributed by atoms with Gasteiger partial charge in [0.2, 0.25) is 6.29 Å². The van der Waals surface area contributed by atoms with Gasteiger partial charge in [-0.2, -0.15) is 0 Å². The molecule has 26 heavy (non-hydrogen) atoms. The average molecular weight is 472 g/mol. The van der Waals surface area contributed by atoms with Crippen molar-refractivity contribution in [2.24, 2.45) is 11.3 Å². The summed E-state index contributed by atoms with van der Waals surface area (Å²) in [6.45, 7) is 9.23. The molecule has 0 amide bonds. The zero-order chi connectivity index (χ0) is 19.0. The van der Waals surface area contributed by atoms with E-state index in [1.54, 1.807) is 0 Å². The van der Waals surface area contributed by atoms with E-state index in [-0.39, 0.29) is 17.8 Å². The first-order chi connectivity index (χ1) is 12.5. The molecule has 1 aromatic rings. The summed E-state index contributed by atoms with van der Waals surface area (Å²) in [5, 5.41) is 0. The predicted molar refractivity (Wildman–Crippen MR) is 119 cm³/mol. The Balaban J connectivity index is 2.08. The highest BCUT2D eigenvalue weighted by atomic mass is 127. The fourth-order valence-electron chi connectivity index (χ4n) is 4.10. The molecular formula is C23H37IO2. The van der Waals surface area contributed by atoms with Crippen LogP contribution in [-0.2, 0) is 9.16 Å². The maximum atomic E-state index is 6.41. The molecule has 1 fully saturated rings. The van der Waals surface area contributed by atoms with Crippen LogP contribution in [0.2, 0.25) is 0 Å². The topological polar surface area (TPSA) is 18.5 Å². The quantitative estimate of drug-likeness (QED) is 0.199. The maximum Gasteiger partial charge on any atom is 0.200 e. The molecule has 0 spiro atoms. The zero-order valence-electron chi connectivity index (χ0n) is 17.1. The molecule has 3 heteroatoms. The summed E-state index contributed by atoms with van der Waals surface area (Å²) in [4.78, 5) is 0. The van der Waals surface area contributed by atoms with E-state index in [1.165, 1.54) is 37.7 Å². The van der Waals surface area contributed by atoms with Gasteiger partial charge in [-0.3, -0.25) is 0 Å². The van der Waals surface area contributed by atoms with Crippen LogP contribution < -0.4 is 4.74 Å². The summed E-state index contributed by atoms with van der Waals surface area (Å²) < 4.78 is 13.8. The standard InChI is InChI=1S/C23H37IO2/c1-5-20(6-2)25-22(26-21-14-12-18(17-24)13-15-21)16-23(3,4)19-10-8-7-9-11-19/h12-15,19-20,22H,5-11,16-17H2,1-4H3. The lowest BCUT2D eigenvalue weighted by molar-refractivity contribution is -0.143. The average Bonchev–Trinajstić information content (AvgIpc) is 2.67. The SMILES string of the molecule is CCC(CC)OC(CC(C)(C)C1CCCCC1)Oc1ccc(CI)cc1. The van der Waals surface area contributed by atoms with Gasteiger partial charge >= 0.3 is 0 Å². The molecule has 1 aliphatic carbocycles. The minimum absolute atomic E-state index is 0.165. The number of hydrogen-bond acceptors (Lipinski definition) is 2. The van der Waals surface area contributed by atoms with Crippen LogP contribution in [0.4, 0.5) is 0 Å². The third kappa shape index (κ3) is 6.70. The summed E-state index contributed by atoms with van der Waals surface area (Å²) in [7, 11) is 0. The lowest BCUT2D eigenvalue weighted by Gasteiger charge is -2.39. The minimum atomic E-state index is -0.165. The van der Waals surface area contributed by atoms with Gasteiger partial charge in [0, 0.05) is 10.8 Å². The van der Waals surface area contributed by atoms with Crippen molar-refractivity contribution < 1.29 is 9.47 Å². The second kappa shape index (κ2) is 10.9. The largest absolute Gasteiger partial charge is 0.465 e. The van der Waals surface area contributed by atoms with Gasteiger partial charge in [0.15, 0.2) is 0 Å². The van der Waals surface area contributed by atoms with E-state index in [0.717, 1.165) is 35.4 Å². The second-order valence-electron chi connectivity index (χ2n) is 8.43. The molecule has 0 bridgehead atoms. The molecule has 1 aliphatic rings. The Hall–Kier alpha value is -0.290. The molecule has 2 nitrogen and oxygen atoms in total. The second-order valence-corrected chi connectivity index (χ2v) is 9.19. The molecule has 1 atom stereocenters. The Morgan fingerprint density at radius 3 is 2.19 bits per heavy atom. The summed E-state index contributed by atoms with van der Waals surface area (Å²) in [6, 6.07) is 8.49. The van der Waals surface area contributed by atoms with Crippen LogP contribution in [0.25, 0.3) is 0 Å². The number of ether oxygens (including phenoxy) is 2. The van der Waals surface area contributed by atoms with E-state index in [9.17, 15) is 0 Å². The van der Waals surface area contributed by atoms with Gasteiger partial charge in [-0.15, -0.1) is 0 Å². The molecule has 1 unspecified atom stereocenters.